The summed E-state index contributed by atoms with van der Waals surface area (Å²) in [5, 5.41) is 8.52. The number of furan rings is 1. The first-order chi connectivity index (χ1) is 6.13. The average molecular weight is 177 g/mol. The highest BCUT2D eigenvalue weighted by Gasteiger charge is 2.07. The number of carboxylic acids is 1. The van der Waals surface area contributed by atoms with Crippen molar-refractivity contribution in [1.29, 1.82) is 0 Å². The van der Waals surface area contributed by atoms with Crippen LogP contribution in [0.3, 0.4) is 0 Å². The highest BCUT2D eigenvalue weighted by atomic mass is 16.4. The molecule has 0 radical (unpaired) electrons. The number of rotatable bonds is 2. The Morgan fingerprint density at radius 2 is 2.38 bits per heavy atom. The van der Waals surface area contributed by atoms with Crippen molar-refractivity contribution >= 4 is 12.0 Å². The summed E-state index contributed by atoms with van der Waals surface area (Å²) in [7, 11) is 0. The highest BCUT2D eigenvalue weighted by molar-refractivity contribution is 5.93. The van der Waals surface area contributed by atoms with Crippen LogP contribution in [-0.2, 0) is 4.79 Å². The normalized spacial score (nSPS) is 10.9. The first-order valence-electron chi connectivity index (χ1n) is 3.52. The van der Waals surface area contributed by atoms with Gasteiger partial charge in [-0.25, -0.2) is 4.85 Å². The van der Waals surface area contributed by atoms with Gasteiger partial charge in [-0.15, -0.1) is 0 Å². The number of hydrogen-bond acceptors (Lipinski definition) is 2. The predicted molar refractivity (Wildman–Crippen MR) is 45.7 cm³/mol. The topological polar surface area (TPSA) is 54.8 Å². The lowest BCUT2D eigenvalue weighted by Crippen LogP contribution is -1.94. The molecular weight excluding hydrogens is 170 g/mol. The second kappa shape index (κ2) is 3.59. The average Bonchev–Trinajstić information content (AvgIpc) is 2.46. The first kappa shape index (κ1) is 9.07. The van der Waals surface area contributed by atoms with E-state index in [0.29, 0.717) is 11.5 Å². The van der Waals surface area contributed by atoms with Crippen LogP contribution in [0.25, 0.3) is 10.9 Å². The molecule has 0 aliphatic rings. The van der Waals surface area contributed by atoms with Gasteiger partial charge in [-0.2, -0.15) is 0 Å². The Kier molecular flexibility index (Phi) is 2.50. The molecule has 0 unspecified atom stereocenters. The second-order valence-corrected chi connectivity index (χ2v) is 2.39. The van der Waals surface area contributed by atoms with E-state index in [1.54, 1.807) is 19.1 Å². The molecule has 66 valence electrons. The summed E-state index contributed by atoms with van der Waals surface area (Å²) >= 11 is 0. The monoisotopic (exact) mass is 177 g/mol. The van der Waals surface area contributed by atoms with Crippen LogP contribution < -0.4 is 0 Å². The Morgan fingerprint density at radius 1 is 1.69 bits per heavy atom. The van der Waals surface area contributed by atoms with Crippen molar-refractivity contribution in [2.75, 3.05) is 0 Å². The van der Waals surface area contributed by atoms with Crippen molar-refractivity contribution in [3.63, 3.8) is 0 Å². The number of aryl methyl sites for hydroxylation is 1. The molecule has 4 nitrogen and oxygen atoms in total. The van der Waals surface area contributed by atoms with Crippen molar-refractivity contribution < 1.29 is 14.3 Å². The van der Waals surface area contributed by atoms with E-state index in [1.165, 1.54) is 6.08 Å². The van der Waals surface area contributed by atoms with Gasteiger partial charge in [0.15, 0.2) is 0 Å². The summed E-state index contributed by atoms with van der Waals surface area (Å²) in [4.78, 5) is 13.3. The number of hydrogen-bond donors (Lipinski definition) is 1. The second-order valence-electron chi connectivity index (χ2n) is 2.39. The fourth-order valence-electron chi connectivity index (χ4n) is 0.808. The molecule has 1 aromatic rings. The van der Waals surface area contributed by atoms with Gasteiger partial charge in [0, 0.05) is 0 Å². The van der Waals surface area contributed by atoms with E-state index in [1.807, 2.05) is 0 Å². The van der Waals surface area contributed by atoms with Crippen LogP contribution in [0.5, 0.6) is 0 Å². The number of aliphatic carboxylic acids is 1. The fourth-order valence-corrected chi connectivity index (χ4v) is 0.808. The molecule has 0 aliphatic carbocycles. The molecule has 0 aliphatic heterocycles. The Morgan fingerprint density at radius 3 is 2.77 bits per heavy atom. The minimum absolute atomic E-state index is 0.352. The maximum absolute atomic E-state index is 10.4. The van der Waals surface area contributed by atoms with Crippen molar-refractivity contribution in [1.82, 2.24) is 0 Å². The van der Waals surface area contributed by atoms with Crippen LogP contribution in [0.15, 0.2) is 22.2 Å². The van der Waals surface area contributed by atoms with Crippen molar-refractivity contribution in [2.45, 2.75) is 6.92 Å². The molecule has 4 heteroatoms. The minimum Gasteiger partial charge on any atom is -0.486 e. The van der Waals surface area contributed by atoms with Gasteiger partial charge in [0.1, 0.15) is 11.5 Å². The van der Waals surface area contributed by atoms with E-state index in [9.17, 15) is 4.79 Å². The highest BCUT2D eigenvalue weighted by Crippen LogP contribution is 2.11. The van der Waals surface area contributed by atoms with Crippen molar-refractivity contribution in [2.24, 2.45) is 0 Å². The van der Waals surface area contributed by atoms with Gasteiger partial charge >= 0.3 is 5.97 Å². The fraction of sp³-hybridized carbons (Fsp3) is 0.111. The Hall–Kier alpha value is -2.02. The third kappa shape index (κ3) is 2.20. The molecule has 0 bridgehead atoms. The number of carboxylic acid groups (broad SMARTS) is 1. The molecule has 1 rings (SSSR count). The van der Waals surface area contributed by atoms with E-state index < -0.39 is 5.97 Å². The molecule has 0 spiro atoms. The van der Waals surface area contributed by atoms with Crippen LogP contribution in [0.2, 0.25) is 0 Å². The Bertz CT molecular complexity index is 395. The van der Waals surface area contributed by atoms with Gasteiger partial charge < -0.3 is 9.52 Å². The Labute approximate surface area is 74.9 Å². The zero-order chi connectivity index (χ0) is 9.84. The first-order valence-corrected chi connectivity index (χ1v) is 3.52. The summed E-state index contributed by atoms with van der Waals surface area (Å²) in [6.07, 6.45) is 1.20. The molecular formula is C9H7NO3. The third-order valence-corrected chi connectivity index (χ3v) is 1.38. The number of nitrogens with zero attached hydrogens (tertiary/aromatic N) is 1. The van der Waals surface area contributed by atoms with Gasteiger partial charge in [0.05, 0.1) is 6.57 Å². The van der Waals surface area contributed by atoms with E-state index in [0.717, 1.165) is 0 Å². The van der Waals surface area contributed by atoms with Crippen LogP contribution in [-0.4, -0.2) is 11.1 Å². The lowest BCUT2D eigenvalue weighted by molar-refractivity contribution is -0.132. The molecule has 0 amide bonds. The molecule has 0 saturated carbocycles. The molecule has 1 aromatic heterocycles. The van der Waals surface area contributed by atoms with Gasteiger partial charge in [0.2, 0.25) is 0 Å². The van der Waals surface area contributed by atoms with E-state index in [4.69, 9.17) is 16.1 Å². The van der Waals surface area contributed by atoms with Gasteiger partial charge in [-0.1, -0.05) is 0 Å². The summed E-state index contributed by atoms with van der Waals surface area (Å²) < 4.78 is 5.08. The third-order valence-electron chi connectivity index (χ3n) is 1.38. The van der Waals surface area contributed by atoms with E-state index in [-0.39, 0.29) is 5.70 Å². The van der Waals surface area contributed by atoms with Crippen molar-refractivity contribution in [3.05, 3.63) is 40.8 Å². The maximum Gasteiger partial charge on any atom is 0.333 e. The smallest absolute Gasteiger partial charge is 0.333 e. The molecule has 0 aromatic carbocycles. The minimum atomic E-state index is -1.25. The largest absolute Gasteiger partial charge is 0.486 e. The van der Waals surface area contributed by atoms with E-state index >= 15 is 0 Å². The van der Waals surface area contributed by atoms with Crippen molar-refractivity contribution in [3.8, 4) is 0 Å². The Balaban J connectivity index is 3.00. The van der Waals surface area contributed by atoms with Crippen LogP contribution in [0, 0.1) is 13.5 Å². The zero-order valence-corrected chi connectivity index (χ0v) is 6.94. The van der Waals surface area contributed by atoms with E-state index in [2.05, 4.69) is 4.85 Å². The lowest BCUT2D eigenvalue weighted by Gasteiger charge is -1.88. The lowest BCUT2D eigenvalue weighted by atomic mass is 10.3. The molecule has 1 N–H and O–H groups in total. The van der Waals surface area contributed by atoms with Crippen LogP contribution >= 0.6 is 0 Å². The standard InChI is InChI=1S/C9H7NO3/c1-6-3-4-7(13-6)5-8(10-2)9(11)12/h3-5H,1H3,(H,11,12)/b8-5-. The summed E-state index contributed by atoms with van der Waals surface area (Å²) in [6, 6.07) is 3.32. The molecule has 1 heterocycles. The molecule has 0 fully saturated rings. The summed E-state index contributed by atoms with van der Waals surface area (Å²) in [6.45, 7) is 8.33. The molecule has 0 saturated heterocycles. The maximum atomic E-state index is 10.4. The molecule has 13 heavy (non-hydrogen) atoms. The quantitative estimate of drug-likeness (QED) is 0.554. The van der Waals surface area contributed by atoms with Gasteiger partial charge in [-0.3, -0.25) is 4.79 Å². The number of carbonyl (C=O) groups is 1. The van der Waals surface area contributed by atoms with Gasteiger partial charge in [0.25, 0.3) is 5.70 Å². The van der Waals surface area contributed by atoms with Gasteiger partial charge in [-0.05, 0) is 25.1 Å². The summed E-state index contributed by atoms with van der Waals surface area (Å²) in [5.74, 6) is -0.184. The van der Waals surface area contributed by atoms with Crippen LogP contribution in [0.1, 0.15) is 11.5 Å². The predicted octanol–water partition coefficient (Wildman–Crippen LogP) is 1.93. The molecule has 0 atom stereocenters. The zero-order valence-electron chi connectivity index (χ0n) is 6.94. The summed E-state index contributed by atoms with van der Waals surface area (Å²) in [5.41, 5.74) is -0.352. The van der Waals surface area contributed by atoms with Crippen LogP contribution in [0.4, 0.5) is 0 Å². The SMILES string of the molecule is [C-]#[N+]/C(=C\c1ccc(C)o1)C(=O)O.